The summed E-state index contributed by atoms with van der Waals surface area (Å²) in [6, 6.07) is 4.40. The zero-order valence-corrected chi connectivity index (χ0v) is 13.6. The van der Waals surface area contributed by atoms with E-state index in [1.807, 2.05) is 0 Å². The molecule has 122 valence electrons. The fourth-order valence-electron chi connectivity index (χ4n) is 2.24. The van der Waals surface area contributed by atoms with Crippen LogP contribution in [0.5, 0.6) is 0 Å². The lowest BCUT2D eigenvalue weighted by molar-refractivity contribution is 0.0695. The molecule has 1 aromatic carbocycles. The zero-order chi connectivity index (χ0) is 17.3. The first-order valence-electron chi connectivity index (χ1n) is 6.71. The first-order valence-corrected chi connectivity index (χ1v) is 8.03. The van der Waals surface area contributed by atoms with Gasteiger partial charge < -0.3 is 15.4 Å². The molecule has 0 radical (unpaired) electrons. The van der Waals surface area contributed by atoms with Crippen LogP contribution in [-0.4, -0.2) is 27.0 Å². The van der Waals surface area contributed by atoms with Crippen LogP contribution in [0.4, 0.5) is 0 Å². The minimum Gasteiger partial charge on any atom is -0.477 e. The minimum atomic E-state index is -1.32. The molecule has 3 N–H and O–H groups in total. The Labute approximate surface area is 143 Å². The molecular weight excluding hydrogens is 354 g/mol. The normalized spacial score (nSPS) is 10.7. The third kappa shape index (κ3) is 3.15. The van der Waals surface area contributed by atoms with Gasteiger partial charge in [-0.25, -0.2) is 9.78 Å². The van der Waals surface area contributed by atoms with Gasteiger partial charge in [0.05, 0.1) is 11.0 Å². The van der Waals surface area contributed by atoms with E-state index in [1.165, 1.54) is 17.4 Å². The van der Waals surface area contributed by atoms with Crippen molar-refractivity contribution in [3.05, 3.63) is 61.3 Å². The summed E-state index contributed by atoms with van der Waals surface area (Å²) < 4.78 is 0. The van der Waals surface area contributed by atoms with Crippen molar-refractivity contribution >= 4 is 45.7 Å². The van der Waals surface area contributed by atoms with E-state index in [9.17, 15) is 14.4 Å². The average molecular weight is 364 g/mol. The van der Waals surface area contributed by atoms with Crippen LogP contribution in [0.1, 0.15) is 26.4 Å². The highest BCUT2D eigenvalue weighted by Crippen LogP contribution is 2.22. The van der Waals surface area contributed by atoms with Crippen LogP contribution < -0.4 is 10.9 Å². The van der Waals surface area contributed by atoms with Gasteiger partial charge in [-0.15, -0.1) is 11.3 Å². The van der Waals surface area contributed by atoms with Gasteiger partial charge in [-0.1, -0.05) is 11.6 Å². The topological polar surface area (TPSA) is 112 Å². The molecular formula is C15H10ClN3O4S. The van der Waals surface area contributed by atoms with Crippen LogP contribution >= 0.6 is 22.9 Å². The Morgan fingerprint density at radius 3 is 2.79 bits per heavy atom. The first-order chi connectivity index (χ1) is 11.5. The monoisotopic (exact) mass is 363 g/mol. The van der Waals surface area contributed by atoms with E-state index in [2.05, 4.69) is 15.3 Å². The first kappa shape index (κ1) is 16.2. The number of nitrogens with zero attached hydrogens (tertiary/aromatic N) is 1. The maximum Gasteiger partial charge on any atom is 0.341 e. The predicted octanol–water partition coefficient (Wildman–Crippen LogP) is 2.27. The van der Waals surface area contributed by atoms with Crippen molar-refractivity contribution in [2.24, 2.45) is 0 Å². The van der Waals surface area contributed by atoms with Crippen molar-refractivity contribution in [1.29, 1.82) is 0 Å². The molecule has 0 aliphatic carbocycles. The standard InChI is InChI=1S/C15H10ClN3O4S/c16-9-1-7-3-10(15(22)23)13(20)19-12(7)8(2-9)4-17-14(21)11-5-24-6-18-11/h1-3,5-6H,4H2,(H,17,21)(H,19,20)(H,22,23). The summed E-state index contributed by atoms with van der Waals surface area (Å²) in [6.07, 6.45) is 0. The molecule has 2 aromatic heterocycles. The average Bonchev–Trinajstić information content (AvgIpc) is 3.06. The number of aromatic carboxylic acids is 1. The Balaban J connectivity index is 1.98. The second kappa shape index (κ2) is 6.42. The number of H-pyrrole nitrogens is 1. The third-order valence-corrected chi connectivity index (χ3v) is 4.14. The fourth-order valence-corrected chi connectivity index (χ4v) is 3.02. The summed E-state index contributed by atoms with van der Waals surface area (Å²) in [6.45, 7) is 0.107. The highest BCUT2D eigenvalue weighted by atomic mass is 35.5. The molecule has 3 aromatic rings. The van der Waals surface area contributed by atoms with Crippen molar-refractivity contribution in [3.63, 3.8) is 0 Å². The van der Waals surface area contributed by atoms with Crippen LogP contribution in [0.3, 0.4) is 0 Å². The molecule has 24 heavy (non-hydrogen) atoms. The fraction of sp³-hybridized carbons (Fsp3) is 0.0667. The quantitative estimate of drug-likeness (QED) is 0.658. The van der Waals surface area contributed by atoms with Gasteiger partial charge in [-0.05, 0) is 23.8 Å². The predicted molar refractivity (Wildman–Crippen MR) is 89.8 cm³/mol. The summed E-state index contributed by atoms with van der Waals surface area (Å²) in [4.78, 5) is 41.3. The third-order valence-electron chi connectivity index (χ3n) is 3.33. The largest absolute Gasteiger partial charge is 0.477 e. The van der Waals surface area contributed by atoms with Crippen LogP contribution in [0.15, 0.2) is 33.9 Å². The Morgan fingerprint density at radius 1 is 1.33 bits per heavy atom. The highest BCUT2D eigenvalue weighted by Gasteiger charge is 2.14. The van der Waals surface area contributed by atoms with E-state index in [-0.39, 0.29) is 18.0 Å². The number of rotatable bonds is 4. The number of hydrogen-bond donors (Lipinski definition) is 3. The number of halogens is 1. The molecule has 9 heteroatoms. The van der Waals surface area contributed by atoms with Gasteiger partial charge in [0, 0.05) is 22.3 Å². The van der Waals surface area contributed by atoms with E-state index in [0.29, 0.717) is 27.2 Å². The number of pyridine rings is 1. The molecule has 1 amide bonds. The van der Waals surface area contributed by atoms with Crippen LogP contribution in [0, 0.1) is 0 Å². The lowest BCUT2D eigenvalue weighted by Crippen LogP contribution is -2.24. The van der Waals surface area contributed by atoms with Gasteiger partial charge >= 0.3 is 5.97 Å². The molecule has 0 fully saturated rings. The van der Waals surface area contributed by atoms with Crippen LogP contribution in [0.2, 0.25) is 5.02 Å². The number of carboxylic acids is 1. The molecule has 0 spiro atoms. The molecule has 3 rings (SSSR count). The zero-order valence-electron chi connectivity index (χ0n) is 12.0. The molecule has 0 unspecified atom stereocenters. The van der Waals surface area contributed by atoms with Gasteiger partial charge in [-0.3, -0.25) is 9.59 Å². The number of carbonyl (C=O) groups is 2. The maximum absolute atomic E-state index is 12.0. The molecule has 0 aliphatic heterocycles. The van der Waals surface area contributed by atoms with Crippen molar-refractivity contribution in [2.45, 2.75) is 6.54 Å². The van der Waals surface area contributed by atoms with Gasteiger partial charge in [0.2, 0.25) is 0 Å². The molecule has 7 nitrogen and oxygen atoms in total. The van der Waals surface area contributed by atoms with E-state index >= 15 is 0 Å². The summed E-state index contributed by atoms with van der Waals surface area (Å²) in [5.74, 6) is -1.68. The number of carboxylic acid groups (broad SMARTS) is 1. The summed E-state index contributed by atoms with van der Waals surface area (Å²) in [5.41, 5.74) is 1.75. The van der Waals surface area contributed by atoms with E-state index in [0.717, 1.165) is 0 Å². The number of benzene rings is 1. The number of amides is 1. The number of fused-ring (bicyclic) bond motifs is 1. The van der Waals surface area contributed by atoms with Crippen LogP contribution in [0.25, 0.3) is 10.9 Å². The smallest absolute Gasteiger partial charge is 0.341 e. The number of nitrogens with one attached hydrogen (secondary N) is 2. The Kier molecular flexibility index (Phi) is 4.32. The van der Waals surface area contributed by atoms with E-state index < -0.39 is 11.5 Å². The van der Waals surface area contributed by atoms with Gasteiger partial charge in [-0.2, -0.15) is 0 Å². The Bertz CT molecular complexity index is 998. The van der Waals surface area contributed by atoms with E-state index in [1.54, 1.807) is 23.0 Å². The second-order valence-electron chi connectivity index (χ2n) is 4.90. The lowest BCUT2D eigenvalue weighted by atomic mass is 10.1. The number of aromatic amines is 1. The van der Waals surface area contributed by atoms with Crippen LogP contribution in [-0.2, 0) is 6.54 Å². The van der Waals surface area contributed by atoms with Gasteiger partial charge in [0.25, 0.3) is 11.5 Å². The summed E-state index contributed by atoms with van der Waals surface area (Å²) in [7, 11) is 0. The second-order valence-corrected chi connectivity index (χ2v) is 6.06. The van der Waals surface area contributed by atoms with Crippen molar-refractivity contribution in [2.75, 3.05) is 0 Å². The minimum absolute atomic E-state index is 0.107. The SMILES string of the molecule is O=C(NCc1cc(Cl)cc2cc(C(=O)O)c(=O)[nH]c12)c1cscn1. The highest BCUT2D eigenvalue weighted by molar-refractivity contribution is 7.07. The van der Waals surface area contributed by atoms with Gasteiger partial charge in [0.1, 0.15) is 11.3 Å². The van der Waals surface area contributed by atoms with Crippen molar-refractivity contribution < 1.29 is 14.7 Å². The van der Waals surface area contributed by atoms with Crippen molar-refractivity contribution in [1.82, 2.24) is 15.3 Å². The molecule has 2 heterocycles. The van der Waals surface area contributed by atoms with Gasteiger partial charge in [0.15, 0.2) is 0 Å². The molecule has 0 atom stereocenters. The maximum atomic E-state index is 12.0. The Morgan fingerprint density at radius 2 is 2.12 bits per heavy atom. The Hall–Kier alpha value is -2.71. The lowest BCUT2D eigenvalue weighted by Gasteiger charge is -2.09. The number of carbonyl (C=O) groups excluding carboxylic acids is 1. The number of thiazole rings is 1. The van der Waals surface area contributed by atoms with E-state index in [4.69, 9.17) is 16.7 Å². The number of aromatic nitrogens is 2. The number of hydrogen-bond acceptors (Lipinski definition) is 5. The molecule has 0 bridgehead atoms. The summed E-state index contributed by atoms with van der Waals surface area (Å²) in [5, 5.41) is 14.2. The molecule has 0 saturated heterocycles. The summed E-state index contributed by atoms with van der Waals surface area (Å²) >= 11 is 7.35. The molecule has 0 saturated carbocycles. The van der Waals surface area contributed by atoms with Crippen molar-refractivity contribution in [3.8, 4) is 0 Å². The molecule has 0 aliphatic rings.